The Bertz CT molecular complexity index is 201. The van der Waals surface area contributed by atoms with Gasteiger partial charge in [-0.3, -0.25) is 0 Å². The van der Waals surface area contributed by atoms with Crippen LogP contribution >= 0.6 is 0 Å². The Labute approximate surface area is 61.8 Å². The molecule has 0 fully saturated rings. The van der Waals surface area contributed by atoms with Crippen molar-refractivity contribution >= 4 is 0 Å². The van der Waals surface area contributed by atoms with Gasteiger partial charge in [-0.05, 0) is 24.3 Å². The van der Waals surface area contributed by atoms with Crippen molar-refractivity contribution in [2.75, 3.05) is 6.54 Å². The lowest BCUT2D eigenvalue weighted by Crippen LogP contribution is -2.15. The summed E-state index contributed by atoms with van der Waals surface area (Å²) < 4.78 is 0. The molecule has 0 bridgehead atoms. The van der Waals surface area contributed by atoms with E-state index in [1.807, 2.05) is 0 Å². The second-order valence-electron chi connectivity index (χ2n) is 3.15. The first-order chi connectivity index (χ1) is 4.88. The fourth-order valence-electron chi connectivity index (χ4n) is 1.78. The van der Waals surface area contributed by atoms with Gasteiger partial charge in [-0.15, -0.1) is 0 Å². The van der Waals surface area contributed by atoms with Crippen molar-refractivity contribution in [2.24, 2.45) is 5.92 Å². The van der Waals surface area contributed by atoms with Crippen LogP contribution in [0.5, 0.6) is 0 Å². The van der Waals surface area contributed by atoms with Crippen LogP contribution in [0.15, 0.2) is 23.4 Å². The van der Waals surface area contributed by atoms with E-state index in [-0.39, 0.29) is 0 Å². The maximum Gasteiger partial charge on any atom is 0.0185 e. The summed E-state index contributed by atoms with van der Waals surface area (Å²) in [5.41, 5.74) is 3.04. The van der Waals surface area contributed by atoms with Crippen molar-refractivity contribution < 1.29 is 0 Å². The lowest BCUT2D eigenvalue weighted by atomic mass is 9.95. The molecule has 1 heteroatoms. The Morgan fingerprint density at radius 2 is 2.50 bits per heavy atom. The normalized spacial score (nSPS) is 30.3. The third-order valence-corrected chi connectivity index (χ3v) is 2.36. The van der Waals surface area contributed by atoms with E-state index in [4.69, 9.17) is 0 Å². The lowest BCUT2D eigenvalue weighted by molar-refractivity contribution is 0.633. The molecular formula is C9H13N. The summed E-state index contributed by atoms with van der Waals surface area (Å²) in [6, 6.07) is 0. The van der Waals surface area contributed by atoms with Crippen molar-refractivity contribution in [2.45, 2.75) is 19.8 Å². The fourth-order valence-corrected chi connectivity index (χ4v) is 1.78. The first-order valence-electron chi connectivity index (χ1n) is 4.01. The summed E-state index contributed by atoms with van der Waals surface area (Å²) in [7, 11) is 0. The number of hydrogen-bond acceptors (Lipinski definition) is 1. The number of rotatable bonds is 0. The van der Waals surface area contributed by atoms with Crippen LogP contribution in [0.1, 0.15) is 19.8 Å². The topological polar surface area (TPSA) is 12.0 Å². The van der Waals surface area contributed by atoms with Crippen LogP contribution in [0.2, 0.25) is 0 Å². The van der Waals surface area contributed by atoms with Crippen molar-refractivity contribution in [3.8, 4) is 0 Å². The number of nitrogens with one attached hydrogen (secondary N) is 1. The quantitative estimate of drug-likeness (QED) is 0.534. The summed E-state index contributed by atoms with van der Waals surface area (Å²) >= 11 is 0. The molecule has 0 spiro atoms. The standard InChI is InChI=1S/C9H13N/c1-7-3-2-4-8-5-6-10-9(7)8/h2,4,7,10H,3,5-6H2,1H3. The third kappa shape index (κ3) is 0.772. The van der Waals surface area contributed by atoms with Gasteiger partial charge in [0.05, 0.1) is 0 Å². The molecule has 0 radical (unpaired) electrons. The highest BCUT2D eigenvalue weighted by molar-refractivity contribution is 5.33. The van der Waals surface area contributed by atoms with E-state index in [1.54, 1.807) is 5.57 Å². The van der Waals surface area contributed by atoms with E-state index < -0.39 is 0 Å². The van der Waals surface area contributed by atoms with E-state index in [0.29, 0.717) is 0 Å². The minimum Gasteiger partial charge on any atom is -0.388 e. The SMILES string of the molecule is CC1CC=CC2=C1NCC2. The van der Waals surface area contributed by atoms with Gasteiger partial charge in [-0.25, -0.2) is 0 Å². The number of allylic oxidation sites excluding steroid dienone is 3. The molecule has 2 aliphatic rings. The van der Waals surface area contributed by atoms with E-state index in [2.05, 4.69) is 24.4 Å². The Morgan fingerprint density at radius 1 is 1.60 bits per heavy atom. The molecule has 0 aromatic heterocycles. The van der Waals surface area contributed by atoms with Crippen molar-refractivity contribution in [3.05, 3.63) is 23.4 Å². The van der Waals surface area contributed by atoms with Gasteiger partial charge in [0.25, 0.3) is 0 Å². The minimum absolute atomic E-state index is 0.738. The van der Waals surface area contributed by atoms with Crippen molar-refractivity contribution in [3.63, 3.8) is 0 Å². The van der Waals surface area contributed by atoms with Crippen LogP contribution in [0, 0.1) is 5.92 Å². The molecule has 1 nitrogen and oxygen atoms in total. The zero-order chi connectivity index (χ0) is 6.97. The number of hydrogen-bond donors (Lipinski definition) is 1. The predicted molar refractivity (Wildman–Crippen MR) is 42.6 cm³/mol. The van der Waals surface area contributed by atoms with Gasteiger partial charge in [0.15, 0.2) is 0 Å². The average Bonchev–Trinajstić information content (AvgIpc) is 2.36. The maximum absolute atomic E-state index is 3.44. The molecule has 1 aliphatic carbocycles. The monoisotopic (exact) mass is 135 g/mol. The van der Waals surface area contributed by atoms with Crippen LogP contribution in [-0.2, 0) is 0 Å². The van der Waals surface area contributed by atoms with Gasteiger partial charge in [-0.2, -0.15) is 0 Å². The van der Waals surface area contributed by atoms with E-state index in [0.717, 1.165) is 12.5 Å². The molecule has 1 unspecified atom stereocenters. The van der Waals surface area contributed by atoms with Crippen molar-refractivity contribution in [1.82, 2.24) is 5.32 Å². The third-order valence-electron chi connectivity index (χ3n) is 2.36. The summed E-state index contributed by atoms with van der Waals surface area (Å²) in [6.07, 6.45) is 7.01. The van der Waals surface area contributed by atoms with Gasteiger partial charge in [0.1, 0.15) is 0 Å². The van der Waals surface area contributed by atoms with Crippen LogP contribution in [-0.4, -0.2) is 6.54 Å². The minimum atomic E-state index is 0.738. The highest BCUT2D eigenvalue weighted by Crippen LogP contribution is 2.27. The Morgan fingerprint density at radius 3 is 3.30 bits per heavy atom. The molecule has 0 saturated heterocycles. The maximum atomic E-state index is 3.44. The molecule has 0 aromatic carbocycles. The molecular weight excluding hydrogens is 122 g/mol. The van der Waals surface area contributed by atoms with Crippen LogP contribution < -0.4 is 5.32 Å². The highest BCUT2D eigenvalue weighted by atomic mass is 14.9. The molecule has 10 heavy (non-hydrogen) atoms. The van der Waals surface area contributed by atoms with Gasteiger partial charge < -0.3 is 5.32 Å². The molecule has 1 N–H and O–H groups in total. The molecule has 0 saturated carbocycles. The zero-order valence-electron chi connectivity index (χ0n) is 6.35. The fraction of sp³-hybridized carbons (Fsp3) is 0.556. The summed E-state index contributed by atoms with van der Waals surface area (Å²) in [6.45, 7) is 3.44. The van der Waals surface area contributed by atoms with Crippen LogP contribution in [0.25, 0.3) is 0 Å². The van der Waals surface area contributed by atoms with Gasteiger partial charge in [0, 0.05) is 12.2 Å². The second kappa shape index (κ2) is 2.15. The molecule has 1 heterocycles. The Hall–Kier alpha value is -0.720. The Balaban J connectivity index is 2.30. The summed E-state index contributed by atoms with van der Waals surface area (Å²) in [5.74, 6) is 0.738. The first kappa shape index (κ1) is 6.02. The summed E-state index contributed by atoms with van der Waals surface area (Å²) in [5, 5.41) is 3.44. The summed E-state index contributed by atoms with van der Waals surface area (Å²) in [4.78, 5) is 0. The molecule has 54 valence electrons. The predicted octanol–water partition coefficient (Wildman–Crippen LogP) is 1.83. The van der Waals surface area contributed by atoms with Gasteiger partial charge in [0.2, 0.25) is 0 Å². The lowest BCUT2D eigenvalue weighted by Gasteiger charge is -2.16. The van der Waals surface area contributed by atoms with Crippen LogP contribution in [0.4, 0.5) is 0 Å². The Kier molecular flexibility index (Phi) is 1.30. The molecule has 2 rings (SSSR count). The smallest absolute Gasteiger partial charge is 0.0185 e. The van der Waals surface area contributed by atoms with Crippen LogP contribution in [0.3, 0.4) is 0 Å². The van der Waals surface area contributed by atoms with E-state index >= 15 is 0 Å². The van der Waals surface area contributed by atoms with Crippen molar-refractivity contribution in [1.29, 1.82) is 0 Å². The molecule has 1 aliphatic heterocycles. The van der Waals surface area contributed by atoms with Gasteiger partial charge in [-0.1, -0.05) is 19.1 Å². The second-order valence-corrected chi connectivity index (χ2v) is 3.15. The average molecular weight is 135 g/mol. The molecule has 1 atom stereocenters. The highest BCUT2D eigenvalue weighted by Gasteiger charge is 2.19. The zero-order valence-corrected chi connectivity index (χ0v) is 6.35. The first-order valence-corrected chi connectivity index (χ1v) is 4.01. The van der Waals surface area contributed by atoms with Gasteiger partial charge >= 0.3 is 0 Å². The van der Waals surface area contributed by atoms with E-state index in [9.17, 15) is 0 Å². The molecule has 0 amide bonds. The van der Waals surface area contributed by atoms with E-state index in [1.165, 1.54) is 18.5 Å². The molecule has 0 aromatic rings. The largest absolute Gasteiger partial charge is 0.388 e.